The molecule has 14 heavy (non-hydrogen) atoms. The largest absolute Gasteiger partial charge is 0.370 e. The summed E-state index contributed by atoms with van der Waals surface area (Å²) in [6, 6.07) is 0. The first-order chi connectivity index (χ1) is 6.65. The van der Waals surface area contributed by atoms with Gasteiger partial charge in [-0.05, 0) is 12.8 Å². The number of ether oxygens (including phenoxy) is 1. The Morgan fingerprint density at radius 1 is 1.79 bits per heavy atom. The molecule has 80 valence electrons. The molecule has 1 aliphatic rings. The lowest BCUT2D eigenvalue weighted by molar-refractivity contribution is -0.405. The second-order valence-corrected chi connectivity index (χ2v) is 3.13. The van der Waals surface area contributed by atoms with Gasteiger partial charge in [-0.15, -0.1) is 0 Å². The Balaban J connectivity index is 2.63. The molecule has 1 N–H and O–H groups in total. The summed E-state index contributed by atoms with van der Waals surface area (Å²) in [6.07, 6.45) is 2.81. The average molecular weight is 201 g/mol. The van der Waals surface area contributed by atoms with Crippen LogP contribution >= 0.6 is 0 Å². The van der Waals surface area contributed by atoms with E-state index in [0.29, 0.717) is 5.82 Å². The highest BCUT2D eigenvalue weighted by Crippen LogP contribution is 2.17. The summed E-state index contributed by atoms with van der Waals surface area (Å²) in [5, 5.41) is 13.1. The quantitative estimate of drug-likeness (QED) is 0.525. The standard InChI is InChI=1S/C8H15N3O3/c1-9-7(6-11(12)13)10(2)8-4-3-5-14-8/h6,8-9H,3-5H2,1-2H3/b7-6+. The lowest BCUT2D eigenvalue weighted by atomic mass is 10.3. The monoisotopic (exact) mass is 201 g/mol. The Morgan fingerprint density at radius 2 is 2.50 bits per heavy atom. The van der Waals surface area contributed by atoms with Gasteiger partial charge >= 0.3 is 0 Å². The molecule has 0 aromatic rings. The van der Waals surface area contributed by atoms with Gasteiger partial charge in [-0.25, -0.2) is 0 Å². The molecule has 0 spiro atoms. The number of hydrogen-bond donors (Lipinski definition) is 1. The van der Waals surface area contributed by atoms with Crippen LogP contribution in [0.1, 0.15) is 12.8 Å². The minimum atomic E-state index is -0.475. The zero-order chi connectivity index (χ0) is 10.6. The van der Waals surface area contributed by atoms with Crippen LogP contribution in [0, 0.1) is 10.1 Å². The molecular weight excluding hydrogens is 186 g/mol. The van der Waals surface area contributed by atoms with Gasteiger partial charge in [0.2, 0.25) is 0 Å². The van der Waals surface area contributed by atoms with Crippen LogP contribution in [0.15, 0.2) is 12.0 Å². The molecule has 6 heteroatoms. The highest BCUT2D eigenvalue weighted by Gasteiger charge is 2.22. The third-order valence-corrected chi connectivity index (χ3v) is 2.20. The molecule has 1 saturated heterocycles. The number of rotatable bonds is 4. The van der Waals surface area contributed by atoms with Gasteiger partial charge in [0.1, 0.15) is 6.23 Å². The summed E-state index contributed by atoms with van der Waals surface area (Å²) in [5.74, 6) is 0.460. The van der Waals surface area contributed by atoms with Crippen molar-refractivity contribution in [1.29, 1.82) is 0 Å². The van der Waals surface area contributed by atoms with E-state index in [2.05, 4.69) is 5.32 Å². The van der Waals surface area contributed by atoms with E-state index in [0.717, 1.165) is 25.6 Å². The summed E-state index contributed by atoms with van der Waals surface area (Å²) in [4.78, 5) is 11.6. The van der Waals surface area contributed by atoms with E-state index in [1.165, 1.54) is 0 Å². The Kier molecular flexibility index (Phi) is 3.70. The zero-order valence-corrected chi connectivity index (χ0v) is 8.40. The summed E-state index contributed by atoms with van der Waals surface area (Å²) >= 11 is 0. The van der Waals surface area contributed by atoms with Crippen LogP contribution in [0.4, 0.5) is 0 Å². The van der Waals surface area contributed by atoms with E-state index in [1.807, 2.05) is 0 Å². The minimum Gasteiger partial charge on any atom is -0.370 e. The number of nitrogens with zero attached hydrogens (tertiary/aromatic N) is 2. The predicted octanol–water partition coefficient (Wildman–Crippen LogP) is 0.350. The molecule has 1 heterocycles. The van der Waals surface area contributed by atoms with Crippen molar-refractivity contribution < 1.29 is 9.66 Å². The van der Waals surface area contributed by atoms with Gasteiger partial charge in [0.25, 0.3) is 6.20 Å². The molecule has 1 unspecified atom stereocenters. The van der Waals surface area contributed by atoms with E-state index in [4.69, 9.17) is 4.74 Å². The molecule has 1 fully saturated rings. The molecule has 0 aromatic heterocycles. The van der Waals surface area contributed by atoms with E-state index < -0.39 is 4.92 Å². The van der Waals surface area contributed by atoms with Gasteiger partial charge in [-0.2, -0.15) is 0 Å². The van der Waals surface area contributed by atoms with Crippen LogP contribution in [-0.4, -0.2) is 36.8 Å². The van der Waals surface area contributed by atoms with E-state index >= 15 is 0 Å². The molecule has 1 aliphatic heterocycles. The number of nitro groups is 1. The normalized spacial score (nSPS) is 22.1. The molecule has 0 amide bonds. The average Bonchev–Trinajstić information content (AvgIpc) is 2.65. The van der Waals surface area contributed by atoms with Crippen LogP contribution in [0.2, 0.25) is 0 Å². The molecular formula is C8H15N3O3. The summed E-state index contributed by atoms with van der Waals surface area (Å²) in [6.45, 7) is 0.727. The molecule has 0 saturated carbocycles. The van der Waals surface area contributed by atoms with E-state index in [-0.39, 0.29) is 6.23 Å². The summed E-state index contributed by atoms with van der Waals surface area (Å²) in [5.41, 5.74) is 0. The molecule has 0 radical (unpaired) electrons. The fourth-order valence-corrected chi connectivity index (χ4v) is 1.45. The fourth-order valence-electron chi connectivity index (χ4n) is 1.45. The number of nitrogens with one attached hydrogen (secondary N) is 1. The zero-order valence-electron chi connectivity index (χ0n) is 8.40. The maximum absolute atomic E-state index is 10.3. The SMILES string of the molecule is CN/C(=C\[N+](=O)[O-])N(C)C1CCCO1. The van der Waals surface area contributed by atoms with Crippen molar-refractivity contribution >= 4 is 0 Å². The van der Waals surface area contributed by atoms with Crippen molar-refractivity contribution in [2.75, 3.05) is 20.7 Å². The third-order valence-electron chi connectivity index (χ3n) is 2.20. The maximum atomic E-state index is 10.3. The molecule has 0 aromatic carbocycles. The molecule has 1 atom stereocenters. The Bertz CT molecular complexity index is 236. The second kappa shape index (κ2) is 4.80. The van der Waals surface area contributed by atoms with Crippen molar-refractivity contribution in [2.45, 2.75) is 19.1 Å². The van der Waals surface area contributed by atoms with Crippen molar-refractivity contribution in [2.24, 2.45) is 0 Å². The van der Waals surface area contributed by atoms with E-state index in [1.54, 1.807) is 19.0 Å². The lowest BCUT2D eigenvalue weighted by Crippen LogP contribution is -2.35. The van der Waals surface area contributed by atoms with Crippen LogP contribution in [-0.2, 0) is 4.74 Å². The van der Waals surface area contributed by atoms with Gasteiger partial charge < -0.3 is 15.0 Å². The highest BCUT2D eigenvalue weighted by atomic mass is 16.6. The molecule has 0 aliphatic carbocycles. The summed E-state index contributed by atoms with van der Waals surface area (Å²) in [7, 11) is 3.43. The Hall–Kier alpha value is -1.30. The minimum absolute atomic E-state index is 0.0475. The van der Waals surface area contributed by atoms with Crippen molar-refractivity contribution in [3.05, 3.63) is 22.1 Å². The Morgan fingerprint density at radius 3 is 2.93 bits per heavy atom. The molecule has 0 bridgehead atoms. The van der Waals surface area contributed by atoms with Crippen molar-refractivity contribution in [3.63, 3.8) is 0 Å². The van der Waals surface area contributed by atoms with Crippen LogP contribution in [0.5, 0.6) is 0 Å². The van der Waals surface area contributed by atoms with Crippen LogP contribution in [0.25, 0.3) is 0 Å². The summed E-state index contributed by atoms with van der Waals surface area (Å²) < 4.78 is 5.40. The first kappa shape index (κ1) is 10.8. The smallest absolute Gasteiger partial charge is 0.274 e. The van der Waals surface area contributed by atoms with E-state index in [9.17, 15) is 10.1 Å². The van der Waals surface area contributed by atoms with Gasteiger partial charge in [0.15, 0.2) is 5.82 Å². The van der Waals surface area contributed by atoms with Gasteiger partial charge in [0.05, 0.1) is 4.92 Å². The van der Waals surface area contributed by atoms with Crippen LogP contribution in [0.3, 0.4) is 0 Å². The highest BCUT2D eigenvalue weighted by molar-refractivity contribution is 4.93. The lowest BCUT2D eigenvalue weighted by Gasteiger charge is -2.25. The van der Waals surface area contributed by atoms with Gasteiger partial charge in [0, 0.05) is 20.7 Å². The van der Waals surface area contributed by atoms with Gasteiger partial charge in [-0.3, -0.25) is 10.1 Å². The molecule has 1 rings (SSSR count). The van der Waals surface area contributed by atoms with Crippen molar-refractivity contribution in [3.8, 4) is 0 Å². The third kappa shape index (κ3) is 2.59. The van der Waals surface area contributed by atoms with Crippen LogP contribution < -0.4 is 5.32 Å². The topological polar surface area (TPSA) is 67.6 Å². The predicted molar refractivity (Wildman–Crippen MR) is 50.9 cm³/mol. The maximum Gasteiger partial charge on any atom is 0.274 e. The van der Waals surface area contributed by atoms with Crippen molar-refractivity contribution in [1.82, 2.24) is 10.2 Å². The Labute approximate surface area is 82.7 Å². The fraction of sp³-hybridized carbons (Fsp3) is 0.750. The first-order valence-corrected chi connectivity index (χ1v) is 4.52. The molecule has 6 nitrogen and oxygen atoms in total. The number of hydrogen-bond acceptors (Lipinski definition) is 5. The second-order valence-electron chi connectivity index (χ2n) is 3.13. The first-order valence-electron chi connectivity index (χ1n) is 4.52. The van der Waals surface area contributed by atoms with Gasteiger partial charge in [-0.1, -0.05) is 0 Å².